The van der Waals surface area contributed by atoms with Gasteiger partial charge >= 0.3 is 5.97 Å². The molecule has 0 aromatic carbocycles. The molecule has 0 bridgehead atoms. The van der Waals surface area contributed by atoms with Crippen LogP contribution in [0.25, 0.3) is 10.2 Å². The van der Waals surface area contributed by atoms with E-state index in [1.165, 1.54) is 6.20 Å². The van der Waals surface area contributed by atoms with Crippen LogP contribution in [-0.4, -0.2) is 21.2 Å². The van der Waals surface area contributed by atoms with Gasteiger partial charge in [-0.2, -0.15) is 0 Å². The average molecular weight is 195 g/mol. The summed E-state index contributed by atoms with van der Waals surface area (Å²) in [5.41, 5.74) is 0.234. The van der Waals surface area contributed by atoms with Crippen molar-refractivity contribution in [2.75, 3.05) is 0 Å². The van der Waals surface area contributed by atoms with Crippen molar-refractivity contribution in [1.82, 2.24) is 4.98 Å². The molecule has 2 rings (SSSR count). The number of thiophene rings is 1. The van der Waals surface area contributed by atoms with E-state index in [9.17, 15) is 9.90 Å². The zero-order chi connectivity index (χ0) is 9.42. The molecule has 0 saturated heterocycles. The van der Waals surface area contributed by atoms with E-state index in [4.69, 9.17) is 5.11 Å². The summed E-state index contributed by atoms with van der Waals surface area (Å²) in [6.07, 6.45) is 1.50. The quantitative estimate of drug-likeness (QED) is 0.726. The maximum atomic E-state index is 10.7. The van der Waals surface area contributed by atoms with Gasteiger partial charge in [-0.05, 0) is 12.1 Å². The molecule has 0 saturated carbocycles. The predicted octanol–water partition coefficient (Wildman–Crippen LogP) is 1.70. The Morgan fingerprint density at radius 2 is 2.31 bits per heavy atom. The number of hydrogen-bond donors (Lipinski definition) is 2. The van der Waals surface area contributed by atoms with Crippen molar-refractivity contribution in [3.8, 4) is 5.06 Å². The minimum Gasteiger partial charge on any atom is -0.499 e. The summed E-state index contributed by atoms with van der Waals surface area (Å²) in [6.45, 7) is 0. The standard InChI is InChI=1S/C8H5NO3S/c10-7(11)5-6-4(13-8(5)12)2-1-3-9-6/h1-3,12H,(H,10,11). The molecule has 2 aromatic heterocycles. The number of pyridine rings is 1. The lowest BCUT2D eigenvalue weighted by atomic mass is 10.2. The molecule has 2 heterocycles. The van der Waals surface area contributed by atoms with Gasteiger partial charge in [0, 0.05) is 6.20 Å². The second-order valence-electron chi connectivity index (χ2n) is 2.44. The third-order valence-electron chi connectivity index (χ3n) is 1.64. The first-order valence-corrected chi connectivity index (χ1v) is 4.31. The molecule has 5 heteroatoms. The first-order chi connectivity index (χ1) is 6.20. The van der Waals surface area contributed by atoms with Crippen molar-refractivity contribution in [2.45, 2.75) is 0 Å². The summed E-state index contributed by atoms with van der Waals surface area (Å²) in [5, 5.41) is 17.9. The van der Waals surface area contributed by atoms with E-state index in [1.807, 2.05) is 0 Å². The van der Waals surface area contributed by atoms with Crippen LogP contribution in [0.2, 0.25) is 0 Å². The molecular weight excluding hydrogens is 190 g/mol. The molecule has 0 aliphatic carbocycles. The van der Waals surface area contributed by atoms with Gasteiger partial charge in [0.15, 0.2) is 5.06 Å². The molecule has 13 heavy (non-hydrogen) atoms. The van der Waals surface area contributed by atoms with E-state index < -0.39 is 5.97 Å². The highest BCUT2D eigenvalue weighted by atomic mass is 32.1. The lowest BCUT2D eigenvalue weighted by Gasteiger charge is -1.90. The van der Waals surface area contributed by atoms with Gasteiger partial charge in [-0.3, -0.25) is 4.98 Å². The van der Waals surface area contributed by atoms with Crippen molar-refractivity contribution in [1.29, 1.82) is 0 Å². The van der Waals surface area contributed by atoms with Crippen LogP contribution in [0, 0.1) is 0 Å². The predicted molar refractivity (Wildman–Crippen MR) is 48.2 cm³/mol. The summed E-state index contributed by atoms with van der Waals surface area (Å²) in [7, 11) is 0. The lowest BCUT2D eigenvalue weighted by molar-refractivity contribution is 0.0696. The van der Waals surface area contributed by atoms with Crippen LogP contribution in [0.4, 0.5) is 0 Å². The maximum absolute atomic E-state index is 10.7. The summed E-state index contributed by atoms with van der Waals surface area (Å²) in [4.78, 5) is 14.6. The second-order valence-corrected chi connectivity index (χ2v) is 3.47. The summed E-state index contributed by atoms with van der Waals surface area (Å²) >= 11 is 1.02. The monoisotopic (exact) mass is 195 g/mol. The molecule has 66 valence electrons. The number of hydrogen-bond acceptors (Lipinski definition) is 4. The van der Waals surface area contributed by atoms with Gasteiger partial charge < -0.3 is 10.2 Å². The van der Waals surface area contributed by atoms with Crippen molar-refractivity contribution >= 4 is 27.5 Å². The molecule has 0 fully saturated rings. The SMILES string of the molecule is O=C(O)c1c(O)sc2cccnc12. The molecule has 0 spiro atoms. The Hall–Kier alpha value is -1.62. The highest BCUT2D eigenvalue weighted by Crippen LogP contribution is 2.34. The molecule has 0 atom stereocenters. The Labute approximate surface area is 77.1 Å². The Kier molecular flexibility index (Phi) is 1.66. The Morgan fingerprint density at radius 3 is 3.00 bits per heavy atom. The third-order valence-corrected chi connectivity index (χ3v) is 2.59. The smallest absolute Gasteiger partial charge is 0.342 e. The molecule has 0 aliphatic heterocycles. The molecule has 0 unspecified atom stereocenters. The normalized spacial score (nSPS) is 10.5. The van der Waals surface area contributed by atoms with Gasteiger partial charge in [-0.15, -0.1) is 0 Å². The second kappa shape index (κ2) is 2.70. The minimum absolute atomic E-state index is 0.111. The zero-order valence-electron chi connectivity index (χ0n) is 6.39. The molecule has 2 N–H and O–H groups in total. The molecule has 0 radical (unpaired) electrons. The molecule has 2 aromatic rings. The lowest BCUT2D eigenvalue weighted by Crippen LogP contribution is -1.95. The number of aromatic carboxylic acids is 1. The molecule has 0 amide bonds. The van der Waals surface area contributed by atoms with Gasteiger partial charge in [-0.1, -0.05) is 11.3 Å². The van der Waals surface area contributed by atoms with Crippen LogP contribution in [0.1, 0.15) is 10.4 Å². The van der Waals surface area contributed by atoms with Crippen molar-refractivity contribution in [3.05, 3.63) is 23.9 Å². The number of fused-ring (bicyclic) bond motifs is 1. The van der Waals surface area contributed by atoms with E-state index in [1.54, 1.807) is 12.1 Å². The van der Waals surface area contributed by atoms with Gasteiger partial charge in [0.25, 0.3) is 0 Å². The Bertz CT molecular complexity index is 477. The van der Waals surface area contributed by atoms with E-state index >= 15 is 0 Å². The molecule has 0 aliphatic rings. The van der Waals surface area contributed by atoms with Crippen LogP contribution in [0.15, 0.2) is 18.3 Å². The van der Waals surface area contributed by atoms with Crippen LogP contribution in [0.5, 0.6) is 5.06 Å². The number of nitrogens with zero attached hydrogens (tertiary/aromatic N) is 1. The summed E-state index contributed by atoms with van der Waals surface area (Å²) in [5.74, 6) is -1.15. The number of carbonyl (C=O) groups is 1. The van der Waals surface area contributed by atoms with Gasteiger partial charge in [0.1, 0.15) is 5.56 Å². The van der Waals surface area contributed by atoms with E-state index in [0.717, 1.165) is 11.3 Å². The van der Waals surface area contributed by atoms with Gasteiger partial charge in [0.05, 0.1) is 10.2 Å². The van der Waals surface area contributed by atoms with Gasteiger partial charge in [0.2, 0.25) is 0 Å². The van der Waals surface area contributed by atoms with Gasteiger partial charge in [-0.25, -0.2) is 4.79 Å². The first kappa shape index (κ1) is 8.00. The Morgan fingerprint density at radius 1 is 1.54 bits per heavy atom. The summed E-state index contributed by atoms with van der Waals surface area (Å²) < 4.78 is 0.678. The van der Waals surface area contributed by atoms with Crippen molar-refractivity contribution in [2.24, 2.45) is 0 Å². The fraction of sp³-hybridized carbons (Fsp3) is 0. The van der Waals surface area contributed by atoms with E-state index in [2.05, 4.69) is 4.98 Å². The van der Waals surface area contributed by atoms with Crippen molar-refractivity contribution in [3.63, 3.8) is 0 Å². The zero-order valence-corrected chi connectivity index (χ0v) is 7.21. The highest BCUT2D eigenvalue weighted by molar-refractivity contribution is 7.21. The number of carboxylic acid groups (broad SMARTS) is 1. The van der Waals surface area contributed by atoms with Crippen LogP contribution < -0.4 is 0 Å². The fourth-order valence-corrected chi connectivity index (χ4v) is 2.00. The number of aromatic hydroxyl groups is 1. The maximum Gasteiger partial charge on any atom is 0.342 e. The largest absolute Gasteiger partial charge is 0.499 e. The average Bonchev–Trinajstić information content (AvgIpc) is 2.39. The third kappa shape index (κ3) is 1.13. The molecular formula is C8H5NO3S. The van der Waals surface area contributed by atoms with E-state index in [0.29, 0.717) is 10.2 Å². The van der Waals surface area contributed by atoms with Crippen molar-refractivity contribution < 1.29 is 15.0 Å². The Balaban J connectivity index is 2.86. The number of rotatable bonds is 1. The van der Waals surface area contributed by atoms with Crippen LogP contribution >= 0.6 is 11.3 Å². The first-order valence-electron chi connectivity index (χ1n) is 3.50. The molecule has 4 nitrogen and oxygen atoms in total. The summed E-state index contributed by atoms with van der Waals surface area (Å²) in [6, 6.07) is 3.42. The van der Waals surface area contributed by atoms with Crippen LogP contribution in [-0.2, 0) is 0 Å². The topological polar surface area (TPSA) is 70.4 Å². The fourth-order valence-electron chi connectivity index (χ4n) is 1.11. The highest BCUT2D eigenvalue weighted by Gasteiger charge is 2.18. The minimum atomic E-state index is -1.15. The number of carboxylic acids is 1. The van der Waals surface area contributed by atoms with Crippen LogP contribution in [0.3, 0.4) is 0 Å². The number of aromatic nitrogens is 1. The van der Waals surface area contributed by atoms with E-state index in [-0.39, 0.29) is 10.6 Å².